The highest BCUT2D eigenvalue weighted by Crippen LogP contribution is 2.14. The van der Waals surface area contributed by atoms with Crippen LogP contribution >= 0.6 is 0 Å². The van der Waals surface area contributed by atoms with Crippen molar-refractivity contribution in [3.63, 3.8) is 0 Å². The van der Waals surface area contributed by atoms with Crippen LogP contribution in [0.2, 0.25) is 0 Å². The molecule has 6 heteroatoms. The maximum Gasteiger partial charge on any atom is 0.337 e. The Kier molecular flexibility index (Phi) is 6.83. The molecule has 0 unspecified atom stereocenters. The SMILES string of the molecule is COC(=O)c1cccc(OCC(=O)NCCOc2cccc(C)c2)c1. The van der Waals surface area contributed by atoms with E-state index >= 15 is 0 Å². The number of benzene rings is 2. The Hall–Kier alpha value is -3.02. The molecule has 1 amide bonds. The van der Waals surface area contributed by atoms with E-state index in [1.54, 1.807) is 18.2 Å². The van der Waals surface area contributed by atoms with Crippen molar-refractivity contribution in [2.45, 2.75) is 6.92 Å². The lowest BCUT2D eigenvalue weighted by Crippen LogP contribution is -2.32. The van der Waals surface area contributed by atoms with Crippen molar-refractivity contribution in [1.82, 2.24) is 5.32 Å². The van der Waals surface area contributed by atoms with Crippen LogP contribution in [0.25, 0.3) is 0 Å². The fraction of sp³-hybridized carbons (Fsp3) is 0.263. The molecule has 0 aromatic heterocycles. The fourth-order valence-corrected chi connectivity index (χ4v) is 2.10. The van der Waals surface area contributed by atoms with Crippen molar-refractivity contribution in [3.8, 4) is 11.5 Å². The highest BCUT2D eigenvalue weighted by molar-refractivity contribution is 5.89. The molecule has 0 atom stereocenters. The van der Waals surface area contributed by atoms with Gasteiger partial charge in [-0.2, -0.15) is 0 Å². The van der Waals surface area contributed by atoms with E-state index in [-0.39, 0.29) is 12.5 Å². The zero-order valence-corrected chi connectivity index (χ0v) is 14.3. The number of methoxy groups -OCH3 is 1. The first-order valence-corrected chi connectivity index (χ1v) is 7.86. The number of hydrogen-bond acceptors (Lipinski definition) is 5. The number of rotatable bonds is 8. The molecule has 0 radical (unpaired) electrons. The first-order valence-electron chi connectivity index (χ1n) is 7.86. The average Bonchev–Trinajstić information content (AvgIpc) is 2.63. The summed E-state index contributed by atoms with van der Waals surface area (Å²) in [6.45, 7) is 2.58. The number of amides is 1. The van der Waals surface area contributed by atoms with E-state index in [2.05, 4.69) is 10.1 Å². The lowest BCUT2D eigenvalue weighted by molar-refractivity contribution is -0.123. The summed E-state index contributed by atoms with van der Waals surface area (Å²) in [5.74, 6) is 0.471. The summed E-state index contributed by atoms with van der Waals surface area (Å²) >= 11 is 0. The van der Waals surface area contributed by atoms with Crippen LogP contribution in [0.4, 0.5) is 0 Å². The van der Waals surface area contributed by atoms with Gasteiger partial charge < -0.3 is 19.5 Å². The summed E-state index contributed by atoms with van der Waals surface area (Å²) in [6.07, 6.45) is 0. The lowest BCUT2D eigenvalue weighted by Gasteiger charge is -2.09. The number of carbonyl (C=O) groups excluding carboxylic acids is 2. The standard InChI is InChI=1S/C19H21NO5/c1-14-5-3-7-16(11-14)24-10-9-20-18(21)13-25-17-8-4-6-15(12-17)19(22)23-2/h3-8,11-12H,9-10,13H2,1-2H3,(H,20,21). The Bertz CT molecular complexity index is 729. The lowest BCUT2D eigenvalue weighted by atomic mass is 10.2. The van der Waals surface area contributed by atoms with Gasteiger partial charge in [0.2, 0.25) is 0 Å². The third-order valence-electron chi connectivity index (χ3n) is 3.31. The van der Waals surface area contributed by atoms with Gasteiger partial charge in [-0.25, -0.2) is 4.79 Å². The van der Waals surface area contributed by atoms with Crippen molar-refractivity contribution in [2.75, 3.05) is 26.9 Å². The second-order valence-electron chi connectivity index (χ2n) is 5.32. The zero-order valence-electron chi connectivity index (χ0n) is 14.3. The van der Waals surface area contributed by atoms with Crippen LogP contribution < -0.4 is 14.8 Å². The van der Waals surface area contributed by atoms with Crippen LogP contribution in [0.3, 0.4) is 0 Å². The molecule has 0 spiro atoms. The summed E-state index contributed by atoms with van der Waals surface area (Å²) < 4.78 is 15.6. The number of nitrogens with one attached hydrogen (secondary N) is 1. The first-order chi connectivity index (χ1) is 12.1. The highest BCUT2D eigenvalue weighted by atomic mass is 16.5. The average molecular weight is 343 g/mol. The smallest absolute Gasteiger partial charge is 0.337 e. The molecule has 0 aliphatic carbocycles. The number of esters is 1. The van der Waals surface area contributed by atoms with Gasteiger partial charge in [0.05, 0.1) is 19.2 Å². The summed E-state index contributed by atoms with van der Waals surface area (Å²) in [7, 11) is 1.31. The predicted molar refractivity (Wildman–Crippen MR) is 93.0 cm³/mol. The van der Waals surface area contributed by atoms with Crippen LogP contribution in [0.5, 0.6) is 11.5 Å². The van der Waals surface area contributed by atoms with Gasteiger partial charge in [0.1, 0.15) is 18.1 Å². The Labute approximate surface area is 146 Å². The van der Waals surface area contributed by atoms with Crippen LogP contribution in [-0.2, 0) is 9.53 Å². The second kappa shape index (κ2) is 9.32. The van der Waals surface area contributed by atoms with Gasteiger partial charge in [0, 0.05) is 0 Å². The minimum absolute atomic E-state index is 0.144. The van der Waals surface area contributed by atoms with E-state index in [9.17, 15) is 9.59 Å². The monoisotopic (exact) mass is 343 g/mol. The summed E-state index contributed by atoms with van der Waals surface area (Å²) in [6, 6.07) is 14.2. The van der Waals surface area contributed by atoms with Crippen molar-refractivity contribution in [3.05, 3.63) is 59.7 Å². The number of hydrogen-bond donors (Lipinski definition) is 1. The quantitative estimate of drug-likeness (QED) is 0.588. The van der Waals surface area contributed by atoms with E-state index in [1.807, 2.05) is 31.2 Å². The van der Waals surface area contributed by atoms with E-state index in [0.29, 0.717) is 24.5 Å². The van der Waals surface area contributed by atoms with E-state index < -0.39 is 5.97 Å². The molecule has 2 rings (SSSR count). The van der Waals surface area contributed by atoms with Crippen molar-refractivity contribution in [1.29, 1.82) is 0 Å². The second-order valence-corrected chi connectivity index (χ2v) is 5.32. The maximum absolute atomic E-state index is 11.8. The molecule has 1 N–H and O–H groups in total. The van der Waals surface area contributed by atoms with Crippen molar-refractivity contribution >= 4 is 11.9 Å². The molecule has 6 nitrogen and oxygen atoms in total. The number of aryl methyl sites for hydroxylation is 1. The summed E-state index contributed by atoms with van der Waals surface area (Å²) in [5.41, 5.74) is 1.48. The highest BCUT2D eigenvalue weighted by Gasteiger charge is 2.07. The third-order valence-corrected chi connectivity index (χ3v) is 3.31. The van der Waals surface area contributed by atoms with Crippen molar-refractivity contribution < 1.29 is 23.8 Å². The number of carbonyl (C=O) groups is 2. The van der Waals surface area contributed by atoms with E-state index in [1.165, 1.54) is 13.2 Å². The minimum atomic E-state index is -0.455. The Morgan fingerprint density at radius 2 is 1.72 bits per heavy atom. The van der Waals surface area contributed by atoms with Crippen LogP contribution in [-0.4, -0.2) is 38.7 Å². The molecule has 0 aliphatic rings. The Morgan fingerprint density at radius 1 is 1.00 bits per heavy atom. The molecule has 25 heavy (non-hydrogen) atoms. The van der Waals surface area contributed by atoms with Crippen molar-refractivity contribution in [2.24, 2.45) is 0 Å². The molecule has 2 aromatic rings. The first kappa shape index (κ1) is 18.3. The molecule has 0 fully saturated rings. The Morgan fingerprint density at radius 3 is 2.44 bits per heavy atom. The molecule has 132 valence electrons. The fourth-order valence-electron chi connectivity index (χ4n) is 2.10. The van der Waals surface area contributed by atoms with Gasteiger partial charge in [0.25, 0.3) is 5.91 Å². The van der Waals surface area contributed by atoms with Crippen LogP contribution in [0.1, 0.15) is 15.9 Å². The molecule has 0 saturated heterocycles. The molecule has 0 aliphatic heterocycles. The van der Waals surface area contributed by atoms with Gasteiger partial charge in [-0.3, -0.25) is 4.79 Å². The summed E-state index contributed by atoms with van der Waals surface area (Å²) in [5, 5.41) is 2.71. The maximum atomic E-state index is 11.8. The molecule has 2 aromatic carbocycles. The normalized spacial score (nSPS) is 10.0. The van der Waals surface area contributed by atoms with Gasteiger partial charge >= 0.3 is 5.97 Å². The molecule has 0 saturated carbocycles. The molecule has 0 heterocycles. The van der Waals surface area contributed by atoms with Crippen LogP contribution in [0, 0.1) is 6.92 Å². The van der Waals surface area contributed by atoms with E-state index in [4.69, 9.17) is 9.47 Å². The zero-order chi connectivity index (χ0) is 18.1. The Balaban J connectivity index is 1.69. The number of ether oxygens (including phenoxy) is 3. The largest absolute Gasteiger partial charge is 0.492 e. The topological polar surface area (TPSA) is 73.9 Å². The van der Waals surface area contributed by atoms with E-state index in [0.717, 1.165) is 11.3 Å². The van der Waals surface area contributed by atoms with Gasteiger partial charge in [0.15, 0.2) is 6.61 Å². The van der Waals surface area contributed by atoms with Gasteiger partial charge in [-0.05, 0) is 42.8 Å². The molecule has 0 bridgehead atoms. The third kappa shape index (κ3) is 6.18. The van der Waals surface area contributed by atoms with Crippen LogP contribution in [0.15, 0.2) is 48.5 Å². The van der Waals surface area contributed by atoms with Gasteiger partial charge in [-0.1, -0.05) is 18.2 Å². The predicted octanol–water partition coefficient (Wildman–Crippen LogP) is 2.36. The summed E-state index contributed by atoms with van der Waals surface area (Å²) in [4.78, 5) is 23.2. The van der Waals surface area contributed by atoms with Gasteiger partial charge in [-0.15, -0.1) is 0 Å². The molecular weight excluding hydrogens is 322 g/mol. The minimum Gasteiger partial charge on any atom is -0.492 e. The molecular formula is C19H21NO5.